The maximum atomic E-state index is 13.1. The Kier molecular flexibility index (Phi) is 4.91. The van der Waals surface area contributed by atoms with Gasteiger partial charge in [-0.2, -0.15) is 5.10 Å². The number of hydrogen-bond acceptors (Lipinski definition) is 6. The number of nitrogens with one attached hydrogen (secondary N) is 1. The molecule has 0 saturated carbocycles. The minimum atomic E-state index is -0.0388. The molecule has 2 aromatic carbocycles. The van der Waals surface area contributed by atoms with E-state index < -0.39 is 0 Å². The van der Waals surface area contributed by atoms with Crippen molar-refractivity contribution in [3.05, 3.63) is 71.1 Å². The molecule has 1 fully saturated rings. The lowest BCUT2D eigenvalue weighted by Crippen LogP contribution is -2.49. The van der Waals surface area contributed by atoms with Gasteiger partial charge in [-0.05, 0) is 42.0 Å². The predicted molar refractivity (Wildman–Crippen MR) is 129 cm³/mol. The number of amides is 2. The van der Waals surface area contributed by atoms with E-state index in [0.29, 0.717) is 48.8 Å². The van der Waals surface area contributed by atoms with Crippen LogP contribution in [-0.4, -0.2) is 62.6 Å². The van der Waals surface area contributed by atoms with E-state index in [9.17, 15) is 9.59 Å². The Morgan fingerprint density at radius 2 is 1.88 bits per heavy atom. The van der Waals surface area contributed by atoms with Crippen LogP contribution in [0.25, 0.3) is 16.7 Å². The fraction of sp³-hybridized carbons (Fsp3) is 0.208. The fourth-order valence-corrected chi connectivity index (χ4v) is 4.73. The number of halogens is 1. The van der Waals surface area contributed by atoms with Crippen molar-refractivity contribution in [2.45, 2.75) is 6.42 Å². The molecule has 34 heavy (non-hydrogen) atoms. The van der Waals surface area contributed by atoms with Gasteiger partial charge in [-0.1, -0.05) is 17.7 Å². The molecule has 0 bridgehead atoms. The van der Waals surface area contributed by atoms with Crippen molar-refractivity contribution in [3.8, 4) is 5.69 Å². The highest BCUT2D eigenvalue weighted by atomic mass is 35.5. The molecular weight excluding hydrogens is 454 g/mol. The summed E-state index contributed by atoms with van der Waals surface area (Å²) >= 11 is 6.15. The van der Waals surface area contributed by atoms with Gasteiger partial charge in [0, 0.05) is 42.5 Å². The molecule has 0 radical (unpaired) electrons. The van der Waals surface area contributed by atoms with Crippen LogP contribution in [0.5, 0.6) is 0 Å². The summed E-state index contributed by atoms with van der Waals surface area (Å²) in [6.45, 7) is 2.43. The molecule has 0 atom stereocenters. The van der Waals surface area contributed by atoms with Gasteiger partial charge in [0.05, 0.1) is 23.7 Å². The van der Waals surface area contributed by atoms with Crippen LogP contribution in [0.2, 0.25) is 5.02 Å². The van der Waals surface area contributed by atoms with E-state index in [1.807, 2.05) is 35.2 Å². The molecule has 4 heterocycles. The first kappa shape index (κ1) is 20.6. The van der Waals surface area contributed by atoms with Crippen molar-refractivity contribution in [3.63, 3.8) is 0 Å². The van der Waals surface area contributed by atoms with E-state index in [1.54, 1.807) is 23.0 Å². The average Bonchev–Trinajstić information content (AvgIpc) is 3.45. The molecule has 6 rings (SSSR count). The summed E-state index contributed by atoms with van der Waals surface area (Å²) in [7, 11) is 0. The van der Waals surface area contributed by atoms with Crippen LogP contribution in [-0.2, 0) is 11.2 Å². The summed E-state index contributed by atoms with van der Waals surface area (Å²) in [4.78, 5) is 37.7. The number of aromatic nitrogens is 4. The number of fused-ring (bicyclic) bond motifs is 2. The summed E-state index contributed by atoms with van der Waals surface area (Å²) < 4.78 is 1.75. The number of hydrogen-bond donors (Lipinski definition) is 1. The quantitative estimate of drug-likeness (QED) is 0.491. The van der Waals surface area contributed by atoms with Gasteiger partial charge in [0.1, 0.15) is 12.1 Å². The Morgan fingerprint density at radius 3 is 2.71 bits per heavy atom. The zero-order valence-corrected chi connectivity index (χ0v) is 18.9. The molecule has 2 aliphatic heterocycles. The number of carbonyl (C=O) groups excluding carboxylic acids is 2. The van der Waals surface area contributed by atoms with Gasteiger partial charge in [-0.3, -0.25) is 9.59 Å². The molecule has 0 unspecified atom stereocenters. The van der Waals surface area contributed by atoms with E-state index in [0.717, 1.165) is 28.1 Å². The molecule has 1 N–H and O–H groups in total. The number of piperazine rings is 1. The molecule has 2 aliphatic rings. The van der Waals surface area contributed by atoms with Crippen LogP contribution in [0.15, 0.2) is 55.0 Å². The summed E-state index contributed by atoms with van der Waals surface area (Å²) in [6.07, 6.45) is 3.62. The van der Waals surface area contributed by atoms with Crippen LogP contribution in [0.3, 0.4) is 0 Å². The molecule has 10 heteroatoms. The highest BCUT2D eigenvalue weighted by Crippen LogP contribution is 2.27. The first-order valence-corrected chi connectivity index (χ1v) is 11.4. The van der Waals surface area contributed by atoms with Gasteiger partial charge in [0.25, 0.3) is 5.91 Å². The molecule has 1 saturated heterocycles. The molecular formula is C24H20ClN7O2. The SMILES string of the molecule is O=C1Cc2cc(C(=O)N3CCN(c4ncnc5c4cnn5-c4cccc(Cl)c4)CC3)ccc2N1. The van der Waals surface area contributed by atoms with Crippen molar-refractivity contribution in [2.75, 3.05) is 36.4 Å². The normalized spacial score (nSPS) is 15.5. The average molecular weight is 474 g/mol. The van der Waals surface area contributed by atoms with Gasteiger partial charge in [-0.25, -0.2) is 14.6 Å². The Labute approximate surface area is 200 Å². The summed E-state index contributed by atoms with van der Waals surface area (Å²) in [5, 5.41) is 8.79. The van der Waals surface area contributed by atoms with Crippen molar-refractivity contribution in [1.82, 2.24) is 24.6 Å². The largest absolute Gasteiger partial charge is 0.352 e. The zero-order chi connectivity index (χ0) is 23.2. The van der Waals surface area contributed by atoms with E-state index in [4.69, 9.17) is 11.6 Å². The van der Waals surface area contributed by atoms with Crippen molar-refractivity contribution < 1.29 is 9.59 Å². The maximum Gasteiger partial charge on any atom is 0.253 e. The van der Waals surface area contributed by atoms with Crippen LogP contribution >= 0.6 is 11.6 Å². The molecule has 0 spiro atoms. The smallest absolute Gasteiger partial charge is 0.253 e. The van der Waals surface area contributed by atoms with Crippen LogP contribution < -0.4 is 10.2 Å². The van der Waals surface area contributed by atoms with Gasteiger partial charge < -0.3 is 15.1 Å². The van der Waals surface area contributed by atoms with Crippen molar-refractivity contribution >= 4 is 46.0 Å². The minimum absolute atomic E-state index is 0.0246. The first-order chi connectivity index (χ1) is 16.6. The Morgan fingerprint density at radius 1 is 1.03 bits per heavy atom. The summed E-state index contributed by atoms with van der Waals surface area (Å²) in [5.74, 6) is 0.735. The highest BCUT2D eigenvalue weighted by Gasteiger charge is 2.26. The molecule has 4 aromatic rings. The van der Waals surface area contributed by atoms with E-state index in [1.165, 1.54) is 6.33 Å². The number of anilines is 2. The number of carbonyl (C=O) groups is 2. The van der Waals surface area contributed by atoms with Crippen LogP contribution in [0.1, 0.15) is 15.9 Å². The lowest BCUT2D eigenvalue weighted by molar-refractivity contribution is -0.115. The predicted octanol–water partition coefficient (Wildman–Crippen LogP) is 2.93. The zero-order valence-electron chi connectivity index (χ0n) is 18.1. The third-order valence-corrected chi connectivity index (χ3v) is 6.48. The van der Waals surface area contributed by atoms with E-state index in [2.05, 4.69) is 25.3 Å². The van der Waals surface area contributed by atoms with Gasteiger partial charge in [0.2, 0.25) is 5.91 Å². The molecule has 2 aromatic heterocycles. The van der Waals surface area contributed by atoms with Crippen molar-refractivity contribution in [1.29, 1.82) is 0 Å². The number of rotatable bonds is 3. The fourth-order valence-electron chi connectivity index (χ4n) is 4.55. The lowest BCUT2D eigenvalue weighted by atomic mass is 10.1. The molecule has 9 nitrogen and oxygen atoms in total. The Bertz CT molecular complexity index is 1440. The standard InChI is InChI=1S/C24H20ClN7O2/c25-17-2-1-3-18(12-17)32-23-19(13-28-32)22(26-14-27-23)30-6-8-31(9-7-30)24(34)15-4-5-20-16(10-15)11-21(33)29-20/h1-5,10,12-14H,6-9,11H2,(H,29,33). The van der Waals surface area contributed by atoms with Crippen LogP contribution in [0.4, 0.5) is 11.5 Å². The van der Waals surface area contributed by atoms with Crippen molar-refractivity contribution in [2.24, 2.45) is 0 Å². The molecule has 0 aliphatic carbocycles. The first-order valence-electron chi connectivity index (χ1n) is 11.0. The second-order valence-corrected chi connectivity index (χ2v) is 8.78. The highest BCUT2D eigenvalue weighted by molar-refractivity contribution is 6.30. The molecule has 2 amide bonds. The maximum absolute atomic E-state index is 13.1. The third kappa shape index (κ3) is 3.54. The van der Waals surface area contributed by atoms with E-state index in [-0.39, 0.29) is 11.8 Å². The van der Waals surface area contributed by atoms with E-state index >= 15 is 0 Å². The second-order valence-electron chi connectivity index (χ2n) is 8.35. The van der Waals surface area contributed by atoms with Gasteiger partial charge in [-0.15, -0.1) is 0 Å². The lowest BCUT2D eigenvalue weighted by Gasteiger charge is -2.35. The number of nitrogens with zero attached hydrogens (tertiary/aromatic N) is 6. The Hall–Kier alpha value is -3.98. The van der Waals surface area contributed by atoms with Gasteiger partial charge >= 0.3 is 0 Å². The monoisotopic (exact) mass is 473 g/mol. The topological polar surface area (TPSA) is 96.2 Å². The Balaban J connectivity index is 1.20. The third-order valence-electron chi connectivity index (χ3n) is 6.24. The van der Waals surface area contributed by atoms with Crippen LogP contribution in [0, 0.1) is 0 Å². The molecule has 170 valence electrons. The number of benzene rings is 2. The minimum Gasteiger partial charge on any atom is -0.352 e. The summed E-state index contributed by atoms with van der Waals surface area (Å²) in [5.41, 5.74) is 3.80. The second kappa shape index (κ2) is 8.11. The van der Waals surface area contributed by atoms with Gasteiger partial charge in [0.15, 0.2) is 5.65 Å². The summed E-state index contributed by atoms with van der Waals surface area (Å²) in [6, 6.07) is 12.9.